The number of benzene rings is 2. The second-order valence-electron chi connectivity index (χ2n) is 9.07. The van der Waals surface area contributed by atoms with E-state index in [-0.39, 0.29) is 5.91 Å². The summed E-state index contributed by atoms with van der Waals surface area (Å²) in [6.45, 7) is 1.45. The Labute approximate surface area is 192 Å². The lowest BCUT2D eigenvalue weighted by Gasteiger charge is -2.31. The number of carbonyl (C=O) groups is 1. The molecule has 0 atom stereocenters. The van der Waals surface area contributed by atoms with Crippen LogP contribution in [0, 0.1) is 0 Å². The van der Waals surface area contributed by atoms with Gasteiger partial charge in [-0.2, -0.15) is 0 Å². The molecule has 3 heterocycles. The van der Waals surface area contributed by atoms with Gasteiger partial charge in [0.05, 0.1) is 18.5 Å². The first-order valence-corrected chi connectivity index (χ1v) is 11.7. The average molecular weight is 442 g/mol. The molecule has 0 radical (unpaired) electrons. The molecular formula is C26H27N5O2. The van der Waals surface area contributed by atoms with Gasteiger partial charge in [0.15, 0.2) is 5.69 Å². The molecule has 1 N–H and O–H groups in total. The zero-order chi connectivity index (χ0) is 22.4. The Balaban J connectivity index is 1.22. The van der Waals surface area contributed by atoms with E-state index < -0.39 is 0 Å². The first kappa shape index (κ1) is 20.0. The number of carbonyl (C=O) groups excluding carboxylic acids is 1. The van der Waals surface area contributed by atoms with E-state index in [9.17, 15) is 4.79 Å². The second-order valence-corrected chi connectivity index (χ2v) is 9.07. The monoisotopic (exact) mass is 441 g/mol. The summed E-state index contributed by atoms with van der Waals surface area (Å²) in [7, 11) is 1.70. The Bertz CT molecular complexity index is 1300. The fourth-order valence-electron chi connectivity index (χ4n) is 5.05. The molecule has 168 valence electrons. The van der Waals surface area contributed by atoms with Gasteiger partial charge in [0.1, 0.15) is 5.75 Å². The van der Waals surface area contributed by atoms with Crippen LogP contribution in [0.25, 0.3) is 16.6 Å². The molecule has 0 bridgehead atoms. The van der Waals surface area contributed by atoms with Crippen molar-refractivity contribution in [3.8, 4) is 11.4 Å². The molecule has 7 nitrogen and oxygen atoms in total. The van der Waals surface area contributed by atoms with Gasteiger partial charge in [0.25, 0.3) is 5.91 Å². The lowest BCUT2D eigenvalue weighted by molar-refractivity contribution is 0.0706. The lowest BCUT2D eigenvalue weighted by atomic mass is 9.89. The molecule has 33 heavy (non-hydrogen) atoms. The van der Waals surface area contributed by atoms with E-state index >= 15 is 0 Å². The van der Waals surface area contributed by atoms with Crippen LogP contribution in [-0.4, -0.2) is 51.0 Å². The van der Waals surface area contributed by atoms with Gasteiger partial charge >= 0.3 is 0 Å². The minimum absolute atomic E-state index is 0.0122. The number of ether oxygens (including phenoxy) is 1. The van der Waals surface area contributed by atoms with Gasteiger partial charge in [-0.1, -0.05) is 23.4 Å². The van der Waals surface area contributed by atoms with Gasteiger partial charge in [0, 0.05) is 36.1 Å². The molecule has 2 aliphatic rings. The largest absolute Gasteiger partial charge is 0.497 e. The van der Waals surface area contributed by atoms with Crippen molar-refractivity contribution < 1.29 is 9.53 Å². The van der Waals surface area contributed by atoms with Crippen molar-refractivity contribution in [3.63, 3.8) is 0 Å². The molecule has 7 heteroatoms. The van der Waals surface area contributed by atoms with E-state index in [2.05, 4.69) is 33.6 Å². The van der Waals surface area contributed by atoms with Gasteiger partial charge < -0.3 is 14.6 Å². The number of amides is 1. The molecule has 2 aromatic carbocycles. The maximum Gasteiger partial charge on any atom is 0.276 e. The van der Waals surface area contributed by atoms with Crippen LogP contribution in [0.3, 0.4) is 0 Å². The van der Waals surface area contributed by atoms with Crippen LogP contribution in [0.2, 0.25) is 0 Å². The Kier molecular flexibility index (Phi) is 4.89. The quantitative estimate of drug-likeness (QED) is 0.489. The highest BCUT2D eigenvalue weighted by Gasteiger charge is 2.36. The van der Waals surface area contributed by atoms with E-state index in [1.807, 2.05) is 46.0 Å². The van der Waals surface area contributed by atoms with Crippen LogP contribution in [0.15, 0.2) is 54.7 Å². The predicted octanol–water partition coefficient (Wildman–Crippen LogP) is 4.65. The normalized spacial score (nSPS) is 16.9. The van der Waals surface area contributed by atoms with Gasteiger partial charge in [-0.3, -0.25) is 4.79 Å². The third-order valence-electron chi connectivity index (χ3n) is 7.02. The fraction of sp³-hybridized carbons (Fsp3) is 0.346. The molecule has 2 aromatic heterocycles. The summed E-state index contributed by atoms with van der Waals surface area (Å²) in [6, 6.07) is 16.1. The molecule has 1 saturated carbocycles. The summed E-state index contributed by atoms with van der Waals surface area (Å²) in [4.78, 5) is 18.8. The van der Waals surface area contributed by atoms with Crippen molar-refractivity contribution in [1.82, 2.24) is 24.9 Å². The predicted molar refractivity (Wildman–Crippen MR) is 126 cm³/mol. The third-order valence-corrected chi connectivity index (χ3v) is 7.02. The smallest absolute Gasteiger partial charge is 0.276 e. The van der Waals surface area contributed by atoms with Crippen molar-refractivity contribution in [3.05, 3.63) is 71.7 Å². The molecule has 1 aliphatic heterocycles. The number of aromatic nitrogens is 4. The summed E-state index contributed by atoms with van der Waals surface area (Å²) < 4.78 is 7.28. The Morgan fingerprint density at radius 2 is 1.82 bits per heavy atom. The first-order valence-electron chi connectivity index (χ1n) is 11.7. The minimum Gasteiger partial charge on any atom is -0.497 e. The zero-order valence-corrected chi connectivity index (χ0v) is 18.7. The van der Waals surface area contributed by atoms with Crippen LogP contribution in [0.4, 0.5) is 0 Å². The van der Waals surface area contributed by atoms with E-state index in [1.54, 1.807) is 7.11 Å². The van der Waals surface area contributed by atoms with Crippen molar-refractivity contribution in [2.45, 2.75) is 37.5 Å². The van der Waals surface area contributed by atoms with Crippen LogP contribution in [0.1, 0.15) is 59.3 Å². The number of hydrogen-bond acceptors (Lipinski definition) is 4. The highest BCUT2D eigenvalue weighted by Crippen LogP contribution is 2.42. The van der Waals surface area contributed by atoms with Crippen LogP contribution < -0.4 is 4.74 Å². The van der Waals surface area contributed by atoms with E-state index in [0.29, 0.717) is 17.5 Å². The summed E-state index contributed by atoms with van der Waals surface area (Å²) in [5.41, 5.74) is 4.88. The van der Waals surface area contributed by atoms with Crippen molar-refractivity contribution in [1.29, 1.82) is 0 Å². The number of hydrogen-bond donors (Lipinski definition) is 1. The standard InChI is InChI=1S/C26H27N5O2/c1-33-20-9-10-23-21(15-20)22(16-27-23)17-11-13-30(14-12-17)26(32)24-25(18-7-8-18)31(29-28-24)19-5-3-2-4-6-19/h2-6,9-10,15-18,27H,7-8,11-14H2,1H3. The SMILES string of the molecule is COc1ccc2[nH]cc(C3CCN(C(=O)c4nnn(-c5ccccc5)c4C4CC4)CC3)c2c1. The number of likely N-dealkylation sites (tertiary alicyclic amines) is 1. The summed E-state index contributed by atoms with van der Waals surface area (Å²) >= 11 is 0. The zero-order valence-electron chi connectivity index (χ0n) is 18.7. The maximum absolute atomic E-state index is 13.5. The molecule has 1 saturated heterocycles. The van der Waals surface area contributed by atoms with Gasteiger partial charge in [0.2, 0.25) is 0 Å². The minimum atomic E-state index is 0.0122. The number of rotatable bonds is 5. The number of H-pyrrole nitrogens is 1. The maximum atomic E-state index is 13.5. The van der Waals surface area contributed by atoms with Crippen LogP contribution in [-0.2, 0) is 0 Å². The van der Waals surface area contributed by atoms with Gasteiger partial charge in [-0.15, -0.1) is 5.10 Å². The molecule has 1 aliphatic carbocycles. The first-order chi connectivity index (χ1) is 16.2. The lowest BCUT2D eigenvalue weighted by Crippen LogP contribution is -2.38. The number of aromatic amines is 1. The Morgan fingerprint density at radius 3 is 2.55 bits per heavy atom. The number of para-hydroxylation sites is 1. The molecule has 0 spiro atoms. The molecule has 6 rings (SSSR count). The van der Waals surface area contributed by atoms with E-state index in [4.69, 9.17) is 4.74 Å². The summed E-state index contributed by atoms with van der Waals surface area (Å²) in [5.74, 6) is 1.67. The number of fused-ring (bicyclic) bond motifs is 1. The summed E-state index contributed by atoms with van der Waals surface area (Å²) in [5, 5.41) is 9.94. The van der Waals surface area contributed by atoms with Gasteiger partial charge in [-0.05, 0) is 67.5 Å². The number of nitrogens with one attached hydrogen (secondary N) is 1. The van der Waals surface area contributed by atoms with Crippen molar-refractivity contribution in [2.24, 2.45) is 0 Å². The Morgan fingerprint density at radius 1 is 1.03 bits per heavy atom. The van der Waals surface area contributed by atoms with Crippen molar-refractivity contribution >= 4 is 16.8 Å². The molecule has 0 unspecified atom stereocenters. The molecule has 2 fully saturated rings. The molecule has 1 amide bonds. The van der Waals surface area contributed by atoms with Crippen LogP contribution in [0.5, 0.6) is 5.75 Å². The number of methoxy groups -OCH3 is 1. The second kappa shape index (κ2) is 8.06. The number of nitrogens with zero attached hydrogens (tertiary/aromatic N) is 4. The summed E-state index contributed by atoms with van der Waals surface area (Å²) in [6.07, 6.45) is 6.16. The highest BCUT2D eigenvalue weighted by atomic mass is 16.5. The van der Waals surface area contributed by atoms with Crippen molar-refractivity contribution in [2.75, 3.05) is 20.2 Å². The fourth-order valence-corrected chi connectivity index (χ4v) is 5.05. The highest BCUT2D eigenvalue weighted by molar-refractivity contribution is 5.94. The van der Waals surface area contributed by atoms with E-state index in [1.165, 1.54) is 10.9 Å². The molecule has 4 aromatic rings. The van der Waals surface area contributed by atoms with Crippen LogP contribution >= 0.6 is 0 Å². The molecular weight excluding hydrogens is 414 g/mol. The average Bonchev–Trinajstić information content (AvgIpc) is 3.47. The van der Waals surface area contributed by atoms with Gasteiger partial charge in [-0.25, -0.2) is 4.68 Å². The Hall–Kier alpha value is -3.61. The topological polar surface area (TPSA) is 76.0 Å². The number of piperidine rings is 1. The third kappa shape index (κ3) is 3.57. The van der Waals surface area contributed by atoms with E-state index in [0.717, 1.165) is 61.4 Å².